The molecule has 0 aliphatic heterocycles. The molecule has 2 amide bonds. The van der Waals surface area contributed by atoms with Crippen LogP contribution in [0, 0.1) is 11.8 Å². The highest BCUT2D eigenvalue weighted by Gasteiger charge is 2.29. The third-order valence-electron chi connectivity index (χ3n) is 5.68. The van der Waals surface area contributed by atoms with Crippen LogP contribution in [0.4, 0.5) is 0 Å². The lowest BCUT2D eigenvalue weighted by molar-refractivity contribution is -0.139. The van der Waals surface area contributed by atoms with Gasteiger partial charge in [0, 0.05) is 32.0 Å². The van der Waals surface area contributed by atoms with Crippen LogP contribution in [0.1, 0.15) is 70.6 Å². The lowest BCUT2D eigenvalue weighted by Crippen LogP contribution is -2.42. The van der Waals surface area contributed by atoms with E-state index < -0.39 is 5.97 Å². The molecule has 142 valence electrons. The molecule has 2 aliphatic rings. The second-order valence-electron chi connectivity index (χ2n) is 7.73. The molecular formula is C19H32N2O4. The summed E-state index contributed by atoms with van der Waals surface area (Å²) in [6.07, 6.45) is 9.99. The van der Waals surface area contributed by atoms with Crippen molar-refractivity contribution in [1.29, 1.82) is 0 Å². The summed E-state index contributed by atoms with van der Waals surface area (Å²) >= 11 is 0. The van der Waals surface area contributed by atoms with E-state index in [9.17, 15) is 14.4 Å². The van der Waals surface area contributed by atoms with E-state index in [0.717, 1.165) is 25.7 Å². The topological polar surface area (TPSA) is 86.7 Å². The monoisotopic (exact) mass is 352 g/mol. The summed E-state index contributed by atoms with van der Waals surface area (Å²) in [7, 11) is 1.67. The van der Waals surface area contributed by atoms with Gasteiger partial charge in [-0.3, -0.25) is 14.4 Å². The van der Waals surface area contributed by atoms with Gasteiger partial charge in [-0.25, -0.2) is 0 Å². The fourth-order valence-electron chi connectivity index (χ4n) is 4.11. The normalized spacial score (nSPS) is 24.5. The van der Waals surface area contributed by atoms with Crippen LogP contribution in [0.25, 0.3) is 0 Å². The van der Waals surface area contributed by atoms with Gasteiger partial charge < -0.3 is 15.3 Å². The number of aliphatic carboxylic acids is 1. The Balaban J connectivity index is 1.67. The van der Waals surface area contributed by atoms with E-state index in [1.165, 1.54) is 37.0 Å². The van der Waals surface area contributed by atoms with Gasteiger partial charge in [-0.15, -0.1) is 0 Å². The second-order valence-corrected chi connectivity index (χ2v) is 7.73. The van der Waals surface area contributed by atoms with Gasteiger partial charge in [0.15, 0.2) is 0 Å². The molecule has 25 heavy (non-hydrogen) atoms. The Morgan fingerprint density at radius 3 is 2.24 bits per heavy atom. The largest absolute Gasteiger partial charge is 0.481 e. The molecule has 2 fully saturated rings. The highest BCUT2D eigenvalue weighted by molar-refractivity contribution is 5.79. The SMILES string of the molecule is CN(CCC(=O)O)C(=O)C1CCC(NC(=O)CC2CCCCC2)CC1. The standard InChI is InChI=1S/C19H32N2O4/c1-21(12-11-18(23)24)19(25)15-7-9-16(10-8-15)20-17(22)13-14-5-3-2-4-6-14/h14-16H,2-13H2,1H3,(H,20,22)(H,23,24). The van der Waals surface area contributed by atoms with E-state index in [0.29, 0.717) is 12.3 Å². The van der Waals surface area contributed by atoms with Crippen molar-refractivity contribution >= 4 is 17.8 Å². The second kappa shape index (κ2) is 9.78. The molecule has 0 aromatic carbocycles. The Bertz CT molecular complexity index is 466. The minimum Gasteiger partial charge on any atom is -0.481 e. The van der Waals surface area contributed by atoms with Crippen LogP contribution in [0.3, 0.4) is 0 Å². The highest BCUT2D eigenvalue weighted by Crippen LogP contribution is 2.28. The molecular weight excluding hydrogens is 320 g/mol. The van der Waals surface area contributed by atoms with E-state index in [-0.39, 0.29) is 36.7 Å². The molecule has 0 aromatic rings. The first-order chi connectivity index (χ1) is 12.0. The molecule has 0 radical (unpaired) electrons. The molecule has 2 aliphatic carbocycles. The van der Waals surface area contributed by atoms with Crippen LogP contribution >= 0.6 is 0 Å². The zero-order valence-corrected chi connectivity index (χ0v) is 15.3. The van der Waals surface area contributed by atoms with E-state index in [2.05, 4.69) is 5.32 Å². The Labute approximate surface area is 150 Å². The molecule has 6 nitrogen and oxygen atoms in total. The van der Waals surface area contributed by atoms with E-state index >= 15 is 0 Å². The first-order valence-corrected chi connectivity index (χ1v) is 9.72. The fourth-order valence-corrected chi connectivity index (χ4v) is 4.11. The van der Waals surface area contributed by atoms with Gasteiger partial charge in [0.2, 0.25) is 11.8 Å². The number of hydrogen-bond donors (Lipinski definition) is 2. The summed E-state index contributed by atoms with van der Waals surface area (Å²) in [6.45, 7) is 0.256. The highest BCUT2D eigenvalue weighted by atomic mass is 16.4. The molecule has 0 unspecified atom stereocenters. The molecule has 0 aromatic heterocycles. The number of carboxylic acids is 1. The Morgan fingerprint density at radius 1 is 1.00 bits per heavy atom. The predicted molar refractivity (Wildman–Crippen MR) is 95.0 cm³/mol. The van der Waals surface area contributed by atoms with Crippen molar-refractivity contribution in [1.82, 2.24) is 10.2 Å². The third kappa shape index (κ3) is 6.67. The molecule has 2 saturated carbocycles. The number of carboxylic acid groups (broad SMARTS) is 1. The lowest BCUT2D eigenvalue weighted by atomic mass is 9.84. The van der Waals surface area contributed by atoms with E-state index in [1.807, 2.05) is 0 Å². The Hall–Kier alpha value is -1.59. The zero-order chi connectivity index (χ0) is 18.2. The molecule has 6 heteroatoms. The summed E-state index contributed by atoms with van der Waals surface area (Å²) in [5.74, 6) is -0.169. The number of amides is 2. The Kier molecular flexibility index (Phi) is 7.72. The maximum Gasteiger partial charge on any atom is 0.305 e. The molecule has 2 N–H and O–H groups in total. The molecule has 0 bridgehead atoms. The van der Waals surface area contributed by atoms with E-state index in [4.69, 9.17) is 5.11 Å². The molecule has 0 heterocycles. The predicted octanol–water partition coefficient (Wildman–Crippen LogP) is 2.56. The number of carbonyl (C=O) groups excluding carboxylic acids is 2. The van der Waals surface area contributed by atoms with Crippen molar-refractivity contribution < 1.29 is 19.5 Å². The van der Waals surface area contributed by atoms with Crippen molar-refractivity contribution in [3.8, 4) is 0 Å². The van der Waals surface area contributed by atoms with Crippen molar-refractivity contribution in [2.75, 3.05) is 13.6 Å². The van der Waals surface area contributed by atoms with Crippen molar-refractivity contribution in [3.05, 3.63) is 0 Å². The maximum absolute atomic E-state index is 12.3. The fraction of sp³-hybridized carbons (Fsp3) is 0.842. The van der Waals surface area contributed by atoms with E-state index in [1.54, 1.807) is 7.05 Å². The van der Waals surface area contributed by atoms with Crippen molar-refractivity contribution in [3.63, 3.8) is 0 Å². The number of carbonyl (C=O) groups is 3. The summed E-state index contributed by atoms with van der Waals surface area (Å²) in [5.41, 5.74) is 0. The van der Waals surface area contributed by atoms with Gasteiger partial charge in [0.1, 0.15) is 0 Å². The van der Waals surface area contributed by atoms with Crippen LogP contribution in [-0.4, -0.2) is 47.4 Å². The smallest absolute Gasteiger partial charge is 0.305 e. The average Bonchev–Trinajstić information content (AvgIpc) is 2.60. The summed E-state index contributed by atoms with van der Waals surface area (Å²) < 4.78 is 0. The van der Waals surface area contributed by atoms with Gasteiger partial charge in [0.05, 0.1) is 6.42 Å². The number of hydrogen-bond acceptors (Lipinski definition) is 3. The molecule has 0 atom stereocenters. The average molecular weight is 352 g/mol. The molecule has 0 saturated heterocycles. The van der Waals surface area contributed by atoms with Crippen LogP contribution in [0.15, 0.2) is 0 Å². The number of nitrogens with zero attached hydrogens (tertiary/aromatic N) is 1. The summed E-state index contributed by atoms with van der Waals surface area (Å²) in [6, 6.07) is 0.185. The molecule has 0 spiro atoms. The van der Waals surface area contributed by atoms with Crippen LogP contribution in [-0.2, 0) is 14.4 Å². The van der Waals surface area contributed by atoms with Gasteiger partial charge in [-0.2, -0.15) is 0 Å². The minimum atomic E-state index is -0.885. The number of rotatable bonds is 7. The quantitative estimate of drug-likeness (QED) is 0.737. The minimum absolute atomic E-state index is 0.0190. The van der Waals surface area contributed by atoms with Crippen molar-refractivity contribution in [2.45, 2.75) is 76.7 Å². The summed E-state index contributed by atoms with van der Waals surface area (Å²) in [4.78, 5) is 36.7. The van der Waals surface area contributed by atoms with Gasteiger partial charge in [-0.05, 0) is 44.4 Å². The summed E-state index contributed by atoms with van der Waals surface area (Å²) in [5, 5.41) is 11.9. The van der Waals surface area contributed by atoms with Crippen LogP contribution < -0.4 is 5.32 Å². The van der Waals surface area contributed by atoms with Gasteiger partial charge in [-0.1, -0.05) is 19.3 Å². The van der Waals surface area contributed by atoms with Crippen LogP contribution in [0.5, 0.6) is 0 Å². The molecule has 2 rings (SSSR count). The maximum atomic E-state index is 12.3. The third-order valence-corrected chi connectivity index (χ3v) is 5.68. The zero-order valence-electron chi connectivity index (χ0n) is 15.3. The van der Waals surface area contributed by atoms with Gasteiger partial charge >= 0.3 is 5.97 Å². The number of nitrogens with one attached hydrogen (secondary N) is 1. The van der Waals surface area contributed by atoms with Crippen LogP contribution in [0.2, 0.25) is 0 Å². The first kappa shape index (κ1) is 19.7. The first-order valence-electron chi connectivity index (χ1n) is 9.72. The van der Waals surface area contributed by atoms with Crippen molar-refractivity contribution in [2.24, 2.45) is 11.8 Å². The lowest BCUT2D eigenvalue weighted by Gasteiger charge is -2.31. The van der Waals surface area contributed by atoms with Gasteiger partial charge in [0.25, 0.3) is 0 Å². The Morgan fingerprint density at radius 2 is 1.64 bits per heavy atom.